The number of fused-ring (bicyclic) bond motifs is 3. The second-order valence-electron chi connectivity index (χ2n) is 6.94. The van der Waals surface area contributed by atoms with Crippen LogP contribution in [0.5, 0.6) is 5.75 Å². The Morgan fingerprint density at radius 2 is 2.33 bits per heavy atom. The first kappa shape index (κ1) is 20.2. The molecule has 30 heavy (non-hydrogen) atoms. The van der Waals surface area contributed by atoms with E-state index in [4.69, 9.17) is 14.7 Å². The topological polar surface area (TPSA) is 120 Å². The minimum atomic E-state index is -0.916. The predicted molar refractivity (Wildman–Crippen MR) is 105 cm³/mol. The number of aromatic nitrogens is 1. The Bertz CT molecular complexity index is 1050. The third-order valence-electron chi connectivity index (χ3n) is 4.89. The fourth-order valence-electron chi connectivity index (χ4n) is 3.40. The smallest absolute Gasteiger partial charge is 0.251 e. The molecule has 1 amide bonds. The number of halogens is 1. The monoisotopic (exact) mass is 427 g/mol. The summed E-state index contributed by atoms with van der Waals surface area (Å²) in [6.07, 6.45) is 0.109. The van der Waals surface area contributed by atoms with E-state index < -0.39 is 23.9 Å². The lowest BCUT2D eigenvalue weighted by Gasteiger charge is -2.20. The van der Waals surface area contributed by atoms with Crippen LogP contribution in [0.3, 0.4) is 0 Å². The predicted octanol–water partition coefficient (Wildman–Crippen LogP) is 1.64. The number of amides is 1. The molecule has 2 aromatic rings. The summed E-state index contributed by atoms with van der Waals surface area (Å²) in [6, 6.07) is 5.91. The van der Waals surface area contributed by atoms with Gasteiger partial charge in [-0.05, 0) is 30.7 Å². The summed E-state index contributed by atoms with van der Waals surface area (Å²) >= 11 is 1.22. The molecule has 1 aromatic carbocycles. The van der Waals surface area contributed by atoms with Crippen LogP contribution in [-0.2, 0) is 22.6 Å². The fraction of sp³-hybridized carbons (Fsp3) is 0.400. The van der Waals surface area contributed by atoms with E-state index in [0.29, 0.717) is 35.2 Å². The van der Waals surface area contributed by atoms with E-state index in [2.05, 4.69) is 15.6 Å². The van der Waals surface area contributed by atoms with E-state index >= 15 is 0 Å². The number of hydrogen-bond donors (Lipinski definition) is 2. The van der Waals surface area contributed by atoms with Gasteiger partial charge in [-0.25, -0.2) is 9.37 Å². The highest BCUT2D eigenvalue weighted by Gasteiger charge is 2.27. The first-order chi connectivity index (χ1) is 14.6. The molecule has 0 spiro atoms. The van der Waals surface area contributed by atoms with Gasteiger partial charge >= 0.3 is 0 Å². The van der Waals surface area contributed by atoms with Crippen molar-refractivity contribution in [2.75, 3.05) is 19.7 Å². The van der Waals surface area contributed by atoms with Crippen LogP contribution in [0.1, 0.15) is 21.9 Å². The van der Waals surface area contributed by atoms with Gasteiger partial charge in [0, 0.05) is 25.1 Å². The van der Waals surface area contributed by atoms with Crippen LogP contribution < -0.4 is 15.4 Å². The lowest BCUT2D eigenvalue weighted by molar-refractivity contribution is -0.132. The fourth-order valence-corrected chi connectivity index (χ4v) is 4.19. The summed E-state index contributed by atoms with van der Waals surface area (Å²) in [5.41, 5.74) is 1.27. The number of nitrogens with zero attached hydrogens (tertiary/aromatic N) is 3. The minimum absolute atomic E-state index is 0.0156. The van der Waals surface area contributed by atoms with E-state index in [-0.39, 0.29) is 18.6 Å². The van der Waals surface area contributed by atoms with Gasteiger partial charge in [0.2, 0.25) is 0 Å². The van der Waals surface area contributed by atoms with Crippen molar-refractivity contribution in [1.29, 1.82) is 10.5 Å². The second kappa shape index (κ2) is 8.76. The highest BCUT2D eigenvalue weighted by molar-refractivity contribution is 7.12. The number of nitrogens with one attached hydrogen (secondary N) is 2. The van der Waals surface area contributed by atoms with E-state index in [1.54, 1.807) is 0 Å². The third kappa shape index (κ3) is 4.12. The van der Waals surface area contributed by atoms with Crippen LogP contribution in [0.25, 0.3) is 11.3 Å². The number of nitriles is 2. The van der Waals surface area contributed by atoms with Crippen molar-refractivity contribution in [1.82, 2.24) is 15.6 Å². The molecule has 0 saturated carbocycles. The van der Waals surface area contributed by atoms with Gasteiger partial charge in [-0.1, -0.05) is 0 Å². The summed E-state index contributed by atoms with van der Waals surface area (Å²) in [5, 5.41) is 24.5. The van der Waals surface area contributed by atoms with Crippen LogP contribution in [0.4, 0.5) is 4.39 Å². The molecular formula is C20H18FN5O3S. The van der Waals surface area contributed by atoms with Crippen LogP contribution in [0.2, 0.25) is 0 Å². The number of thiazole rings is 1. The number of rotatable bonds is 4. The molecule has 0 bridgehead atoms. The van der Waals surface area contributed by atoms with Crippen molar-refractivity contribution >= 4 is 17.2 Å². The molecule has 1 saturated heterocycles. The average Bonchev–Trinajstić information content (AvgIpc) is 2.99. The van der Waals surface area contributed by atoms with Gasteiger partial charge in [0.05, 0.1) is 16.6 Å². The van der Waals surface area contributed by atoms with E-state index in [0.717, 1.165) is 17.8 Å². The second-order valence-corrected chi connectivity index (χ2v) is 8.03. The number of carbonyl (C=O) groups is 1. The lowest BCUT2D eigenvalue weighted by Crippen LogP contribution is -2.46. The van der Waals surface area contributed by atoms with Gasteiger partial charge in [0.1, 0.15) is 36.4 Å². The first-order valence-corrected chi connectivity index (χ1v) is 10.3. The van der Waals surface area contributed by atoms with Crippen molar-refractivity contribution in [2.24, 2.45) is 0 Å². The normalized spacial score (nSPS) is 18.6. The maximum atomic E-state index is 14.8. The average molecular weight is 427 g/mol. The van der Waals surface area contributed by atoms with Gasteiger partial charge < -0.3 is 20.1 Å². The van der Waals surface area contributed by atoms with Gasteiger partial charge in [-0.2, -0.15) is 10.5 Å². The SMILES string of the molecule is N#Cc1nc2c(s1)COc1cc(CC(C#N)NC(=O)[C@@H]3CNCCCO3)c(F)cc1-2. The molecule has 1 aromatic heterocycles. The number of hydrogen-bond acceptors (Lipinski definition) is 8. The molecule has 2 N–H and O–H groups in total. The Kier molecular flexibility index (Phi) is 5.91. The maximum Gasteiger partial charge on any atom is 0.251 e. The Balaban J connectivity index is 1.51. The summed E-state index contributed by atoms with van der Waals surface area (Å²) < 4.78 is 26.0. The van der Waals surface area contributed by atoms with Crippen LogP contribution in [0, 0.1) is 28.5 Å². The molecule has 0 radical (unpaired) electrons. The van der Waals surface area contributed by atoms with Crippen LogP contribution in [-0.4, -0.2) is 42.7 Å². The Morgan fingerprint density at radius 1 is 1.47 bits per heavy atom. The van der Waals surface area contributed by atoms with Crippen molar-refractivity contribution in [3.63, 3.8) is 0 Å². The Labute approximate surface area is 176 Å². The summed E-state index contributed by atoms with van der Waals surface area (Å²) in [6.45, 7) is 1.84. The first-order valence-electron chi connectivity index (χ1n) is 9.46. The highest BCUT2D eigenvalue weighted by Crippen LogP contribution is 2.40. The maximum absolute atomic E-state index is 14.8. The number of ether oxygens (including phenoxy) is 2. The third-order valence-corrected chi connectivity index (χ3v) is 5.82. The molecule has 154 valence electrons. The molecule has 8 nitrogen and oxygen atoms in total. The molecular weight excluding hydrogens is 409 g/mol. The van der Waals surface area contributed by atoms with Crippen molar-refractivity contribution in [2.45, 2.75) is 31.6 Å². The van der Waals surface area contributed by atoms with Crippen molar-refractivity contribution in [3.8, 4) is 29.1 Å². The molecule has 4 rings (SSSR count). The van der Waals surface area contributed by atoms with Gasteiger partial charge in [-0.15, -0.1) is 11.3 Å². The highest BCUT2D eigenvalue weighted by atomic mass is 32.1. The van der Waals surface area contributed by atoms with Crippen LogP contribution >= 0.6 is 11.3 Å². The molecule has 0 aliphatic carbocycles. The Morgan fingerprint density at radius 3 is 3.13 bits per heavy atom. The molecule has 2 aliphatic heterocycles. The van der Waals surface area contributed by atoms with E-state index in [1.165, 1.54) is 23.5 Å². The van der Waals surface area contributed by atoms with Gasteiger partial charge in [-0.3, -0.25) is 4.79 Å². The van der Waals surface area contributed by atoms with E-state index in [9.17, 15) is 14.4 Å². The quantitative estimate of drug-likeness (QED) is 0.761. The Hall–Kier alpha value is -3.05. The summed E-state index contributed by atoms with van der Waals surface area (Å²) in [5.74, 6) is -0.492. The zero-order valence-electron chi connectivity index (χ0n) is 15.9. The number of carbonyl (C=O) groups excluding carboxylic acids is 1. The summed E-state index contributed by atoms with van der Waals surface area (Å²) in [4.78, 5) is 17.4. The molecule has 2 atom stereocenters. The van der Waals surface area contributed by atoms with Crippen LogP contribution in [0.15, 0.2) is 12.1 Å². The minimum Gasteiger partial charge on any atom is -0.487 e. The van der Waals surface area contributed by atoms with Crippen molar-refractivity contribution < 1.29 is 18.7 Å². The zero-order chi connectivity index (χ0) is 21.1. The van der Waals surface area contributed by atoms with Gasteiger partial charge in [0.25, 0.3) is 5.91 Å². The molecule has 2 aliphatic rings. The largest absolute Gasteiger partial charge is 0.487 e. The molecule has 3 heterocycles. The molecule has 1 fully saturated rings. The lowest BCUT2D eigenvalue weighted by atomic mass is 10.00. The molecule has 10 heteroatoms. The summed E-state index contributed by atoms with van der Waals surface area (Å²) in [7, 11) is 0. The standard InChI is InChI=1S/C20H18FN5O3S/c21-14-6-13-15(29-10-17-19(13)26-18(8-23)30-17)5-11(14)4-12(7-22)25-20(27)16-9-24-2-1-3-28-16/h5-6,12,16,24H,1-4,9-10H2,(H,25,27)/t12?,16-/m0/s1. The number of benzene rings is 1. The zero-order valence-corrected chi connectivity index (χ0v) is 16.7. The van der Waals surface area contributed by atoms with E-state index in [1.807, 2.05) is 12.1 Å². The van der Waals surface area contributed by atoms with Gasteiger partial charge in [0.15, 0.2) is 5.01 Å². The molecule has 1 unspecified atom stereocenters. The van der Waals surface area contributed by atoms with Crippen molar-refractivity contribution in [3.05, 3.63) is 33.4 Å².